The molecule has 1 aliphatic heterocycles. The van der Waals surface area contributed by atoms with Crippen molar-refractivity contribution in [2.45, 2.75) is 32.7 Å². The zero-order valence-corrected chi connectivity index (χ0v) is 12.0. The van der Waals surface area contributed by atoms with Gasteiger partial charge in [-0.15, -0.1) is 0 Å². The lowest BCUT2D eigenvalue weighted by Gasteiger charge is -2.19. The summed E-state index contributed by atoms with van der Waals surface area (Å²) in [6.45, 7) is 5.53. The Morgan fingerprint density at radius 1 is 1.35 bits per heavy atom. The average Bonchev–Trinajstić information content (AvgIpc) is 2.91. The number of rotatable bonds is 4. The number of hydrogen-bond acceptors (Lipinski definition) is 3. The van der Waals surface area contributed by atoms with Crippen molar-refractivity contribution < 1.29 is 9.18 Å². The second-order valence-electron chi connectivity index (χ2n) is 5.62. The number of carbonyl (C=O) groups is 1. The van der Waals surface area contributed by atoms with Crippen molar-refractivity contribution in [3.63, 3.8) is 0 Å². The Bertz CT molecular complexity index is 484. The predicted molar refractivity (Wildman–Crippen MR) is 79.3 cm³/mol. The minimum absolute atomic E-state index is 0.0451. The highest BCUT2D eigenvalue weighted by molar-refractivity contribution is 5.95. The van der Waals surface area contributed by atoms with Crippen molar-refractivity contribution >= 4 is 17.3 Å². The highest BCUT2D eigenvalue weighted by atomic mass is 19.1. The lowest BCUT2D eigenvalue weighted by atomic mass is 10.0. The third-order valence-electron chi connectivity index (χ3n) is 3.68. The van der Waals surface area contributed by atoms with E-state index in [-0.39, 0.29) is 17.6 Å². The molecule has 5 heteroatoms. The van der Waals surface area contributed by atoms with E-state index < -0.39 is 6.04 Å². The van der Waals surface area contributed by atoms with Crippen molar-refractivity contribution in [2.75, 3.05) is 23.3 Å². The Morgan fingerprint density at radius 3 is 2.55 bits per heavy atom. The van der Waals surface area contributed by atoms with Crippen LogP contribution in [0.1, 0.15) is 26.7 Å². The number of halogens is 1. The van der Waals surface area contributed by atoms with Crippen LogP contribution in [0, 0.1) is 11.7 Å². The van der Waals surface area contributed by atoms with Crippen LogP contribution in [0.2, 0.25) is 0 Å². The molecule has 3 N–H and O–H groups in total. The molecule has 1 amide bonds. The number of benzene rings is 1. The SMILES string of the molecule is CC(C)[C@@H](N)C(=O)Nc1ccc(N2CCCC2)c(F)c1. The molecule has 110 valence electrons. The van der Waals surface area contributed by atoms with Gasteiger partial charge in [0.25, 0.3) is 0 Å². The summed E-state index contributed by atoms with van der Waals surface area (Å²) in [4.78, 5) is 13.9. The first-order chi connectivity index (χ1) is 9.49. The van der Waals surface area contributed by atoms with Crippen LogP contribution in [-0.4, -0.2) is 25.0 Å². The van der Waals surface area contributed by atoms with E-state index >= 15 is 0 Å². The van der Waals surface area contributed by atoms with Crippen LogP contribution in [0.3, 0.4) is 0 Å². The minimum Gasteiger partial charge on any atom is -0.369 e. The Kier molecular flexibility index (Phi) is 4.60. The molecule has 0 aliphatic carbocycles. The molecule has 4 nitrogen and oxygen atoms in total. The molecular formula is C15H22FN3O. The van der Waals surface area contributed by atoms with Crippen molar-refractivity contribution in [3.05, 3.63) is 24.0 Å². The van der Waals surface area contributed by atoms with E-state index in [2.05, 4.69) is 5.32 Å². The van der Waals surface area contributed by atoms with E-state index in [9.17, 15) is 9.18 Å². The van der Waals surface area contributed by atoms with Gasteiger partial charge in [0.1, 0.15) is 5.82 Å². The normalized spacial score (nSPS) is 16.6. The lowest BCUT2D eigenvalue weighted by molar-refractivity contribution is -0.118. The molecular weight excluding hydrogens is 257 g/mol. The van der Waals surface area contributed by atoms with Crippen LogP contribution < -0.4 is 16.0 Å². The fraction of sp³-hybridized carbons (Fsp3) is 0.533. The van der Waals surface area contributed by atoms with Crippen LogP contribution in [-0.2, 0) is 4.79 Å². The van der Waals surface area contributed by atoms with Crippen molar-refractivity contribution in [3.8, 4) is 0 Å². The Hall–Kier alpha value is -1.62. The largest absolute Gasteiger partial charge is 0.369 e. The summed E-state index contributed by atoms with van der Waals surface area (Å²) in [5, 5.41) is 2.66. The van der Waals surface area contributed by atoms with Crippen molar-refractivity contribution in [1.82, 2.24) is 0 Å². The Balaban J connectivity index is 2.07. The third-order valence-corrected chi connectivity index (χ3v) is 3.68. The molecule has 0 aromatic heterocycles. The van der Waals surface area contributed by atoms with E-state index in [1.165, 1.54) is 6.07 Å². The molecule has 0 spiro atoms. The summed E-state index contributed by atoms with van der Waals surface area (Å²) >= 11 is 0. The number of amides is 1. The smallest absolute Gasteiger partial charge is 0.241 e. The maximum absolute atomic E-state index is 14.1. The third kappa shape index (κ3) is 3.28. The topological polar surface area (TPSA) is 58.4 Å². The molecule has 1 fully saturated rings. The van der Waals surface area contributed by atoms with E-state index in [1.54, 1.807) is 12.1 Å². The standard InChI is InChI=1S/C15H22FN3O/c1-10(2)14(17)15(20)18-11-5-6-13(12(16)9-11)19-7-3-4-8-19/h5-6,9-10,14H,3-4,7-8,17H2,1-2H3,(H,18,20)/t14-/m1/s1. The number of carbonyl (C=O) groups excluding carboxylic acids is 1. The zero-order chi connectivity index (χ0) is 14.7. The molecule has 0 radical (unpaired) electrons. The molecule has 20 heavy (non-hydrogen) atoms. The Morgan fingerprint density at radius 2 is 2.00 bits per heavy atom. The number of nitrogens with two attached hydrogens (primary N) is 1. The van der Waals surface area contributed by atoms with Gasteiger partial charge in [0.05, 0.1) is 11.7 Å². The van der Waals surface area contributed by atoms with E-state index in [1.807, 2.05) is 18.7 Å². The molecule has 0 bridgehead atoms. The monoisotopic (exact) mass is 279 g/mol. The van der Waals surface area contributed by atoms with Gasteiger partial charge in [-0.1, -0.05) is 13.8 Å². The molecule has 1 aromatic carbocycles. The van der Waals surface area contributed by atoms with Crippen LogP contribution in [0.15, 0.2) is 18.2 Å². The fourth-order valence-corrected chi connectivity index (χ4v) is 2.33. The summed E-state index contributed by atoms with van der Waals surface area (Å²) in [5.74, 6) is -0.542. The number of nitrogens with zero attached hydrogens (tertiary/aromatic N) is 1. The van der Waals surface area contributed by atoms with Crippen LogP contribution in [0.4, 0.5) is 15.8 Å². The summed E-state index contributed by atoms with van der Waals surface area (Å²) in [7, 11) is 0. The number of hydrogen-bond donors (Lipinski definition) is 2. The zero-order valence-electron chi connectivity index (χ0n) is 12.0. The van der Waals surface area contributed by atoms with Crippen molar-refractivity contribution in [2.24, 2.45) is 11.7 Å². The number of nitrogens with one attached hydrogen (secondary N) is 1. The first kappa shape index (κ1) is 14.8. The number of anilines is 2. The highest BCUT2D eigenvalue weighted by Crippen LogP contribution is 2.26. The molecule has 2 rings (SSSR count). The average molecular weight is 279 g/mol. The second kappa shape index (κ2) is 6.22. The molecule has 1 aliphatic rings. The van der Waals surface area contributed by atoms with E-state index in [4.69, 9.17) is 5.73 Å². The molecule has 0 unspecified atom stereocenters. The Labute approximate surface area is 119 Å². The summed E-state index contributed by atoms with van der Waals surface area (Å²) in [6.07, 6.45) is 2.20. The van der Waals surface area contributed by atoms with Crippen LogP contribution >= 0.6 is 0 Å². The van der Waals surface area contributed by atoms with Gasteiger partial charge in [-0.3, -0.25) is 4.79 Å². The summed E-state index contributed by atoms with van der Waals surface area (Å²) in [6, 6.07) is 4.22. The van der Waals surface area contributed by atoms with E-state index in [0.29, 0.717) is 11.4 Å². The van der Waals surface area contributed by atoms with Gasteiger partial charge in [-0.25, -0.2) is 4.39 Å². The maximum atomic E-state index is 14.1. The van der Waals surface area contributed by atoms with Crippen LogP contribution in [0.5, 0.6) is 0 Å². The molecule has 0 saturated carbocycles. The predicted octanol–water partition coefficient (Wildman–Crippen LogP) is 2.35. The maximum Gasteiger partial charge on any atom is 0.241 e. The van der Waals surface area contributed by atoms with Gasteiger partial charge < -0.3 is 16.0 Å². The molecule has 1 saturated heterocycles. The molecule has 1 atom stereocenters. The first-order valence-electron chi connectivity index (χ1n) is 7.10. The van der Waals surface area contributed by atoms with Gasteiger partial charge >= 0.3 is 0 Å². The fourth-order valence-electron chi connectivity index (χ4n) is 2.33. The van der Waals surface area contributed by atoms with Crippen molar-refractivity contribution in [1.29, 1.82) is 0 Å². The van der Waals surface area contributed by atoms with Gasteiger partial charge in [0, 0.05) is 18.8 Å². The molecule has 1 heterocycles. The minimum atomic E-state index is -0.587. The highest BCUT2D eigenvalue weighted by Gasteiger charge is 2.19. The lowest BCUT2D eigenvalue weighted by Crippen LogP contribution is -2.39. The first-order valence-corrected chi connectivity index (χ1v) is 7.10. The van der Waals surface area contributed by atoms with Gasteiger partial charge in [-0.05, 0) is 37.0 Å². The van der Waals surface area contributed by atoms with Gasteiger partial charge in [0.15, 0.2) is 0 Å². The summed E-state index contributed by atoms with van der Waals surface area (Å²) < 4.78 is 14.1. The van der Waals surface area contributed by atoms with E-state index in [0.717, 1.165) is 25.9 Å². The summed E-state index contributed by atoms with van der Waals surface area (Å²) in [5.41, 5.74) is 6.82. The quantitative estimate of drug-likeness (QED) is 0.889. The van der Waals surface area contributed by atoms with Gasteiger partial charge in [-0.2, -0.15) is 0 Å². The molecule has 1 aromatic rings. The second-order valence-corrected chi connectivity index (χ2v) is 5.62. The van der Waals surface area contributed by atoms with Gasteiger partial charge in [0.2, 0.25) is 5.91 Å². The van der Waals surface area contributed by atoms with Crippen LogP contribution in [0.25, 0.3) is 0 Å².